The molecule has 12 aromatic rings. The van der Waals surface area contributed by atoms with Crippen LogP contribution in [0.15, 0.2) is 220 Å². The Bertz CT molecular complexity index is 4670. The molecule has 0 saturated heterocycles. The van der Waals surface area contributed by atoms with E-state index in [1.807, 2.05) is 0 Å². The number of nitrogens with zero attached hydrogens (tertiary/aromatic N) is 8. The molecule has 0 saturated carbocycles. The molecular weight excluding hydrogens is 1440 g/mol. The van der Waals surface area contributed by atoms with Crippen LogP contribution in [0, 0.1) is 0 Å². The lowest BCUT2D eigenvalue weighted by molar-refractivity contribution is -0.671. The second kappa shape index (κ2) is 34.9. The van der Waals surface area contributed by atoms with Crippen LogP contribution >= 0.6 is 0 Å². The molecule has 0 amide bonds. The van der Waals surface area contributed by atoms with Crippen molar-refractivity contribution in [2.24, 2.45) is 28.2 Å². The lowest BCUT2D eigenvalue weighted by atomic mass is 9.75. The highest BCUT2D eigenvalue weighted by atomic mass is 16.7. The first-order chi connectivity index (χ1) is 57.0. The molecular formula is C100H112N8O8+8. The Labute approximate surface area is 684 Å². The molecule has 0 fully saturated rings. The van der Waals surface area contributed by atoms with Crippen LogP contribution in [0.25, 0.3) is 67.3 Å². The van der Waals surface area contributed by atoms with Crippen molar-refractivity contribution in [3.63, 3.8) is 0 Å². The van der Waals surface area contributed by atoms with Crippen molar-refractivity contribution in [2.75, 3.05) is 27.2 Å². The van der Waals surface area contributed by atoms with Gasteiger partial charge in [0.1, 0.15) is 28.2 Å². The molecule has 0 atom stereocenters. The molecule has 12 heterocycles. The fourth-order valence-electron chi connectivity index (χ4n) is 18.4. The number of benzene rings is 4. The fourth-order valence-corrected chi connectivity index (χ4v) is 18.4. The number of hydrogen-bond donors (Lipinski definition) is 0. The topological polar surface area (TPSA) is 105 Å². The minimum atomic E-state index is -0.291. The van der Waals surface area contributed by atoms with Crippen molar-refractivity contribution in [3.8, 4) is 113 Å². The van der Waals surface area contributed by atoms with Crippen LogP contribution in [-0.2, 0) is 28.2 Å². The number of unbranched alkanes of at least 4 members (excludes halogenated alkanes) is 12. The number of pyridine rings is 8. The first-order valence-electron chi connectivity index (χ1n) is 42.8. The Morgan fingerprint density at radius 1 is 0.216 bits per heavy atom. The molecule has 5 aliphatic rings. The number of aryl methyl sites for hydroxylation is 4. The van der Waals surface area contributed by atoms with Crippen molar-refractivity contribution in [1.29, 1.82) is 0 Å². The van der Waals surface area contributed by atoms with Crippen LogP contribution in [0.5, 0.6) is 46.0 Å². The van der Waals surface area contributed by atoms with E-state index in [0.717, 1.165) is 240 Å². The van der Waals surface area contributed by atoms with Crippen LogP contribution < -0.4 is 74.4 Å². The molecule has 16 heteroatoms. The first kappa shape index (κ1) is 77.1. The van der Waals surface area contributed by atoms with E-state index < -0.39 is 0 Å². The second-order valence-electron chi connectivity index (χ2n) is 32.5. The molecule has 0 unspecified atom stereocenters. The van der Waals surface area contributed by atoms with Crippen LogP contribution in [-0.4, -0.2) is 27.2 Å². The van der Waals surface area contributed by atoms with Gasteiger partial charge in [-0.3, -0.25) is 0 Å². The van der Waals surface area contributed by atoms with Crippen molar-refractivity contribution in [1.82, 2.24) is 0 Å². The third-order valence-electron chi connectivity index (χ3n) is 24.7. The maximum Gasteiger partial charge on any atom is 0.296 e. The summed E-state index contributed by atoms with van der Waals surface area (Å²) in [7, 11) is 8.24. The first-order valence-corrected chi connectivity index (χ1v) is 42.8. The van der Waals surface area contributed by atoms with Gasteiger partial charge in [-0.05, 0) is 94.5 Å². The zero-order chi connectivity index (χ0) is 79.2. The molecule has 0 N–H and O–H groups in total. The summed E-state index contributed by atoms with van der Waals surface area (Å²) >= 11 is 0. The van der Waals surface area contributed by atoms with E-state index in [2.05, 4.69) is 313 Å². The third kappa shape index (κ3) is 15.6. The summed E-state index contributed by atoms with van der Waals surface area (Å²) in [4.78, 5) is 0. The van der Waals surface area contributed by atoms with Crippen molar-refractivity contribution in [2.45, 2.75) is 180 Å². The Balaban J connectivity index is 1.03. The lowest BCUT2D eigenvalue weighted by Gasteiger charge is -2.35. The quantitative estimate of drug-likeness (QED) is 0.0353. The van der Waals surface area contributed by atoms with Crippen LogP contribution in [0.3, 0.4) is 0 Å². The predicted molar refractivity (Wildman–Crippen MR) is 445 cm³/mol. The molecule has 4 aromatic carbocycles. The highest BCUT2D eigenvalue weighted by Crippen LogP contribution is 2.59. The average Bonchev–Trinajstić information content (AvgIpc) is 0.713. The van der Waals surface area contributed by atoms with Crippen molar-refractivity contribution < 1.29 is 74.4 Å². The second-order valence-corrected chi connectivity index (χ2v) is 32.5. The minimum absolute atomic E-state index is 0.124. The monoisotopic (exact) mass is 1550 g/mol. The molecule has 1 aliphatic carbocycles. The van der Waals surface area contributed by atoms with Gasteiger partial charge in [-0.15, -0.1) is 0 Å². The van der Waals surface area contributed by atoms with Gasteiger partial charge >= 0.3 is 0 Å². The number of rotatable bonds is 28. The van der Waals surface area contributed by atoms with E-state index in [0.29, 0.717) is 46.0 Å². The lowest BCUT2D eigenvalue weighted by Crippen LogP contribution is -2.37. The van der Waals surface area contributed by atoms with E-state index in [1.54, 1.807) is 0 Å². The number of hydrogen-bond acceptors (Lipinski definition) is 8. The summed E-state index contributed by atoms with van der Waals surface area (Å²) in [6.07, 6.45) is 54.3. The van der Waals surface area contributed by atoms with Crippen molar-refractivity contribution in [3.05, 3.63) is 265 Å². The largest absolute Gasteiger partial charge is 0.450 e. The summed E-state index contributed by atoms with van der Waals surface area (Å²) in [6, 6.07) is 45.3. The van der Waals surface area contributed by atoms with Gasteiger partial charge in [0.05, 0.1) is 0 Å². The molecule has 4 aliphatic heterocycles. The number of aromatic nitrogens is 8. The average molecular weight is 1550 g/mol. The predicted octanol–water partition coefficient (Wildman–Crippen LogP) is 18.4. The van der Waals surface area contributed by atoms with E-state index in [9.17, 15) is 0 Å². The van der Waals surface area contributed by atoms with Gasteiger partial charge in [0.15, 0.2) is 99.1 Å². The Kier molecular flexibility index (Phi) is 23.2. The van der Waals surface area contributed by atoms with Gasteiger partial charge < -0.3 is 37.9 Å². The zero-order valence-electron chi connectivity index (χ0n) is 68.9. The van der Waals surface area contributed by atoms with Gasteiger partial charge in [0.25, 0.3) is 22.7 Å². The zero-order valence-corrected chi connectivity index (χ0v) is 68.9. The van der Waals surface area contributed by atoms with Crippen LogP contribution in [0.1, 0.15) is 224 Å². The summed E-state index contributed by atoms with van der Waals surface area (Å²) in [6.45, 7) is 8.74. The molecule has 8 bridgehead atoms. The van der Waals surface area contributed by atoms with E-state index in [-0.39, 0.29) is 50.8 Å². The summed E-state index contributed by atoms with van der Waals surface area (Å²) in [5.41, 5.74) is 20.8. The van der Waals surface area contributed by atoms with Gasteiger partial charge in [-0.1, -0.05) is 130 Å². The van der Waals surface area contributed by atoms with E-state index in [1.165, 1.54) is 0 Å². The Hall–Kier alpha value is -11.5. The standard InChI is InChI=1S/C100H112N8O8/c1-9-13-17-21-25-77-81-61-83-78(26-22-18-14-10-2)85-63-87-80(28-24-20-16-12-4)88-64-86-79(27-23-19-15-11-3)84-62-82(77)94-90(106-55-39-74(40-56-106)70-31-47-102(6)48-32-70)96(84)112-67-114-98(86)92(108-59-43-76(44-60-108)72-35-51-104(8)52-36-72)100(88)116-68-115-99(87)91(107-57-41-75(42-58-107)71-33-49-103(7)50-34-71)97(85)113-66-111-95(83)89(93(81)109-65-110-94)105-53-37-73(38-54-105)69-29-45-101(5)46-30-69/h29-64,77-80H,9-28,65-68H2,1-8H3/q+8. The fraction of sp³-hybridized carbons (Fsp3) is 0.360. The molecule has 16 nitrogen and oxygen atoms in total. The highest BCUT2D eigenvalue weighted by molar-refractivity contribution is 5.75. The maximum absolute atomic E-state index is 7.60. The summed E-state index contributed by atoms with van der Waals surface area (Å²) < 4.78 is 78.1. The molecule has 8 aromatic heterocycles. The Morgan fingerprint density at radius 3 is 0.526 bits per heavy atom. The maximum atomic E-state index is 7.60. The van der Waals surface area contributed by atoms with Gasteiger partial charge in [0, 0.05) is 165 Å². The molecule has 17 rings (SSSR count). The summed E-state index contributed by atoms with van der Waals surface area (Å²) in [5.74, 6) is 4.56. The minimum Gasteiger partial charge on any atom is -0.450 e. The van der Waals surface area contributed by atoms with Crippen molar-refractivity contribution >= 4 is 0 Å². The molecule has 116 heavy (non-hydrogen) atoms. The molecule has 0 radical (unpaired) electrons. The SMILES string of the molecule is CCCCCCC1c2cc3c4c(-[n+]5ccc(-c6cc[n+](C)cc6)cc5)c2OCOc2c1cc1c(c2-[n+]2ccc(-c5cc[n+](C)cc5)cc2)OCOc2c(cc5c(c2-[n+]2ccc(-c6cc[n+](C)cc6)cc2)OCOc2c(cc(c(c2-[n+]2ccc(-c6cc[n+](C)cc6)cc2)OCO4)C3CCCCCC)C5CCCCCC)C1CCCCCC. The normalized spacial score (nSPS) is 16.0. The smallest absolute Gasteiger partial charge is 0.296 e. The summed E-state index contributed by atoms with van der Waals surface area (Å²) in [5, 5.41) is 0. The molecule has 592 valence electrons. The van der Waals surface area contributed by atoms with Crippen LogP contribution in [0.4, 0.5) is 0 Å². The molecule has 0 spiro atoms. The third-order valence-corrected chi connectivity index (χ3v) is 24.7. The van der Waals surface area contributed by atoms with Gasteiger partial charge in [0.2, 0.25) is 73.2 Å². The highest BCUT2D eigenvalue weighted by Gasteiger charge is 2.47. The van der Waals surface area contributed by atoms with Crippen LogP contribution in [0.2, 0.25) is 0 Å². The van der Waals surface area contributed by atoms with E-state index in [4.69, 9.17) is 37.9 Å². The van der Waals surface area contributed by atoms with Gasteiger partial charge in [-0.25, -0.2) is 18.3 Å². The van der Waals surface area contributed by atoms with Gasteiger partial charge in [-0.2, -0.15) is 18.3 Å². The Morgan fingerprint density at radius 2 is 0.371 bits per heavy atom. The van der Waals surface area contributed by atoms with E-state index >= 15 is 0 Å². The number of ether oxygens (including phenoxy) is 8.